The predicted molar refractivity (Wildman–Crippen MR) is 125 cm³/mol. The molecule has 0 aliphatic rings. The summed E-state index contributed by atoms with van der Waals surface area (Å²) in [6, 6.07) is 8.83. The fraction of sp³-hybridized carbons (Fsp3) is 0.565. The average Bonchev–Trinajstić information content (AvgIpc) is 3.08. The van der Waals surface area contributed by atoms with Crippen molar-refractivity contribution in [2.75, 3.05) is 20.3 Å². The molecule has 2 aromatic rings. The van der Waals surface area contributed by atoms with E-state index in [0.717, 1.165) is 0 Å². The monoisotopic (exact) mass is 464 g/mol. The minimum Gasteiger partial charge on any atom is -0.383 e. The topological polar surface area (TPSA) is 93.5 Å². The quantitative estimate of drug-likeness (QED) is 0.581. The van der Waals surface area contributed by atoms with Gasteiger partial charge < -0.3 is 19.5 Å². The Morgan fingerprint density at radius 2 is 1.88 bits per heavy atom. The summed E-state index contributed by atoms with van der Waals surface area (Å²) < 4.78 is 33.2. The van der Waals surface area contributed by atoms with Gasteiger partial charge in [0.05, 0.1) is 30.8 Å². The van der Waals surface area contributed by atoms with Crippen LogP contribution >= 0.6 is 0 Å². The van der Waals surface area contributed by atoms with Crippen LogP contribution in [0.2, 0.25) is 0 Å². The Hall–Kier alpha value is -2.39. The van der Waals surface area contributed by atoms with Crippen LogP contribution in [0.3, 0.4) is 0 Å². The van der Waals surface area contributed by atoms with Crippen LogP contribution in [-0.4, -0.2) is 54.7 Å². The molecule has 32 heavy (non-hydrogen) atoms. The summed E-state index contributed by atoms with van der Waals surface area (Å²) in [6.45, 7) is 11.3. The van der Waals surface area contributed by atoms with Crippen LogP contribution in [-0.2, 0) is 33.4 Å². The molecule has 1 aromatic heterocycles. The number of nitrogens with zero attached hydrogens (tertiary/aromatic N) is 3. The lowest BCUT2D eigenvalue weighted by atomic mass is 10.1. The van der Waals surface area contributed by atoms with E-state index in [2.05, 4.69) is 10.3 Å². The lowest BCUT2D eigenvalue weighted by Crippen LogP contribution is -2.49. The predicted octanol–water partition coefficient (Wildman–Crippen LogP) is 3.47. The number of urea groups is 1. The minimum atomic E-state index is -3.68. The lowest BCUT2D eigenvalue weighted by Gasteiger charge is -2.30. The van der Waals surface area contributed by atoms with Crippen LogP contribution in [0.25, 0.3) is 0 Å². The van der Waals surface area contributed by atoms with E-state index >= 15 is 0 Å². The molecule has 0 spiro atoms. The van der Waals surface area contributed by atoms with Gasteiger partial charge in [0.15, 0.2) is 0 Å². The normalized spacial score (nSPS) is 12.2. The number of carbonyl (C=O) groups excluding carboxylic acids is 1. The largest absolute Gasteiger partial charge is 0.383 e. The van der Waals surface area contributed by atoms with Crippen LogP contribution in [0.1, 0.15) is 45.9 Å². The Morgan fingerprint density at radius 3 is 2.44 bits per heavy atom. The summed E-state index contributed by atoms with van der Waals surface area (Å²) >= 11 is 0. The summed E-state index contributed by atoms with van der Waals surface area (Å²) in [6.07, 6.45) is 1.55. The average molecular weight is 465 g/mol. The van der Waals surface area contributed by atoms with E-state index in [9.17, 15) is 13.2 Å². The molecule has 0 saturated carbocycles. The summed E-state index contributed by atoms with van der Waals surface area (Å²) in [5.74, 6) is 0.106. The first-order valence-electron chi connectivity index (χ1n) is 10.8. The highest BCUT2D eigenvalue weighted by Crippen LogP contribution is 2.19. The first-order chi connectivity index (χ1) is 14.9. The van der Waals surface area contributed by atoms with Gasteiger partial charge in [-0.05, 0) is 32.3 Å². The zero-order valence-corrected chi connectivity index (χ0v) is 20.8. The summed E-state index contributed by atoms with van der Waals surface area (Å²) in [5.41, 5.74) is 0.965. The van der Waals surface area contributed by atoms with Crippen molar-refractivity contribution in [2.24, 2.45) is 5.92 Å². The molecule has 0 radical (unpaired) electrons. The lowest BCUT2D eigenvalue weighted by molar-refractivity contribution is 0.172. The van der Waals surface area contributed by atoms with Gasteiger partial charge in [-0.25, -0.2) is 18.2 Å². The second-order valence-corrected chi connectivity index (χ2v) is 11.3. The molecule has 0 bridgehead atoms. The minimum absolute atomic E-state index is 0.00544. The Kier molecular flexibility index (Phi) is 8.86. The van der Waals surface area contributed by atoms with Gasteiger partial charge in [0.1, 0.15) is 0 Å². The van der Waals surface area contributed by atoms with Gasteiger partial charge in [0, 0.05) is 25.7 Å². The second kappa shape index (κ2) is 11.0. The first kappa shape index (κ1) is 25.9. The smallest absolute Gasteiger partial charge is 0.318 e. The summed E-state index contributed by atoms with van der Waals surface area (Å²) in [7, 11) is -2.12. The first-order valence-corrected chi connectivity index (χ1v) is 12.5. The molecule has 9 heteroatoms. The van der Waals surface area contributed by atoms with Crippen molar-refractivity contribution >= 4 is 15.9 Å². The standard InChI is InChI=1S/C23H36N4O4S/c1-18(2)15-26(21(28)25-23(3,4)5)16-20-14-24-22(27(20)12-13-31-6)32(29,30)17-19-10-8-7-9-11-19/h7-11,14,18H,12-13,15-17H2,1-6H3,(H,25,28). The number of benzene rings is 1. The van der Waals surface area contributed by atoms with Gasteiger partial charge in [0.25, 0.3) is 0 Å². The zero-order chi connectivity index (χ0) is 23.9. The molecule has 0 aliphatic heterocycles. The number of methoxy groups -OCH3 is 1. The number of carbonyl (C=O) groups is 1. The Bertz CT molecular complexity index is 979. The third-order valence-electron chi connectivity index (χ3n) is 4.61. The Morgan fingerprint density at radius 1 is 1.22 bits per heavy atom. The molecule has 1 aromatic carbocycles. The SMILES string of the molecule is COCCn1c(CN(CC(C)C)C(=O)NC(C)(C)C)cnc1S(=O)(=O)Cc1ccccc1. The van der Waals surface area contributed by atoms with E-state index in [1.165, 1.54) is 0 Å². The second-order valence-electron chi connectivity index (χ2n) is 9.38. The van der Waals surface area contributed by atoms with Gasteiger partial charge in [-0.1, -0.05) is 44.2 Å². The van der Waals surface area contributed by atoms with E-state index in [1.54, 1.807) is 34.9 Å². The molecular weight excluding hydrogens is 428 g/mol. The third-order valence-corrected chi connectivity index (χ3v) is 6.20. The van der Waals surface area contributed by atoms with Gasteiger partial charge in [-0.15, -0.1) is 0 Å². The number of hydrogen-bond acceptors (Lipinski definition) is 5. The molecule has 0 atom stereocenters. The number of imidazole rings is 1. The molecule has 0 aliphatic carbocycles. The molecule has 0 unspecified atom stereocenters. The van der Waals surface area contributed by atoms with Crippen molar-refractivity contribution in [3.8, 4) is 0 Å². The van der Waals surface area contributed by atoms with E-state index in [0.29, 0.717) is 31.0 Å². The number of amides is 2. The molecule has 0 fully saturated rings. The van der Waals surface area contributed by atoms with Crippen LogP contribution in [0.5, 0.6) is 0 Å². The number of hydrogen-bond donors (Lipinski definition) is 1. The van der Waals surface area contributed by atoms with Crippen molar-refractivity contribution in [3.63, 3.8) is 0 Å². The molecule has 178 valence electrons. The van der Waals surface area contributed by atoms with Crippen molar-refractivity contribution in [1.29, 1.82) is 0 Å². The number of aromatic nitrogens is 2. The summed E-state index contributed by atoms with van der Waals surface area (Å²) in [4.78, 5) is 18.9. The highest BCUT2D eigenvalue weighted by atomic mass is 32.2. The van der Waals surface area contributed by atoms with Crippen molar-refractivity contribution < 1.29 is 17.9 Å². The molecule has 1 heterocycles. The number of rotatable bonds is 10. The number of nitrogens with one attached hydrogen (secondary N) is 1. The van der Waals surface area contributed by atoms with E-state index in [-0.39, 0.29) is 34.9 Å². The van der Waals surface area contributed by atoms with Gasteiger partial charge in [-0.2, -0.15) is 0 Å². The maximum absolute atomic E-state index is 13.2. The van der Waals surface area contributed by atoms with E-state index in [4.69, 9.17) is 4.74 Å². The Labute approximate surface area is 191 Å². The fourth-order valence-electron chi connectivity index (χ4n) is 3.30. The zero-order valence-electron chi connectivity index (χ0n) is 20.0. The molecular formula is C23H36N4O4S. The van der Waals surface area contributed by atoms with Crippen LogP contribution in [0.15, 0.2) is 41.7 Å². The maximum atomic E-state index is 13.2. The number of ether oxygens (including phenoxy) is 1. The van der Waals surface area contributed by atoms with Gasteiger partial charge in [0.2, 0.25) is 15.0 Å². The van der Waals surface area contributed by atoms with Crippen LogP contribution in [0.4, 0.5) is 4.79 Å². The van der Waals surface area contributed by atoms with E-state index < -0.39 is 9.84 Å². The maximum Gasteiger partial charge on any atom is 0.318 e. The fourth-order valence-corrected chi connectivity index (χ4v) is 4.82. The van der Waals surface area contributed by atoms with Crippen molar-refractivity contribution in [1.82, 2.24) is 19.8 Å². The van der Waals surface area contributed by atoms with Gasteiger partial charge >= 0.3 is 6.03 Å². The molecule has 1 N–H and O–H groups in total. The molecule has 8 nitrogen and oxygen atoms in total. The highest BCUT2D eigenvalue weighted by Gasteiger charge is 2.27. The highest BCUT2D eigenvalue weighted by molar-refractivity contribution is 7.90. The summed E-state index contributed by atoms with van der Waals surface area (Å²) in [5, 5.41) is 2.99. The third kappa shape index (κ3) is 7.63. The molecule has 2 amide bonds. The van der Waals surface area contributed by atoms with Crippen LogP contribution in [0, 0.1) is 5.92 Å². The van der Waals surface area contributed by atoms with E-state index in [1.807, 2.05) is 52.8 Å². The van der Waals surface area contributed by atoms with Crippen LogP contribution < -0.4 is 5.32 Å². The van der Waals surface area contributed by atoms with Crippen molar-refractivity contribution in [3.05, 3.63) is 47.8 Å². The number of sulfone groups is 1. The molecule has 0 saturated heterocycles. The molecule has 2 rings (SSSR count). The van der Waals surface area contributed by atoms with Crippen molar-refractivity contribution in [2.45, 2.75) is 64.2 Å². The van der Waals surface area contributed by atoms with Gasteiger partial charge in [-0.3, -0.25) is 0 Å². The Balaban J connectivity index is 2.37.